The molecule has 0 unspecified atom stereocenters. The smallest absolute Gasteiger partial charge is 0.324 e. The van der Waals surface area contributed by atoms with Crippen LogP contribution in [0.3, 0.4) is 0 Å². The fourth-order valence-electron chi connectivity index (χ4n) is 1.88. The molecular weight excluding hydrogens is 280 g/mol. The van der Waals surface area contributed by atoms with Crippen LogP contribution in [0, 0.1) is 6.92 Å². The zero-order valence-electron chi connectivity index (χ0n) is 10.3. The zero-order valence-corrected chi connectivity index (χ0v) is 11.1. The number of carbonyl (C=O) groups excluding carboxylic acids is 3. The summed E-state index contributed by atoms with van der Waals surface area (Å²) in [4.78, 5) is 41.5. The van der Waals surface area contributed by atoms with Gasteiger partial charge in [0.15, 0.2) is 0 Å². The van der Waals surface area contributed by atoms with E-state index in [-0.39, 0.29) is 16.7 Å². The summed E-state index contributed by atoms with van der Waals surface area (Å²) in [6.07, 6.45) is 1.35. The van der Waals surface area contributed by atoms with Crippen LogP contribution >= 0.6 is 11.5 Å². The average molecular weight is 288 g/mol. The third-order valence-electron chi connectivity index (χ3n) is 2.90. The van der Waals surface area contributed by atoms with Gasteiger partial charge in [0.25, 0.3) is 11.8 Å². The first kappa shape index (κ1) is 12.5. The van der Waals surface area contributed by atoms with E-state index in [1.807, 2.05) is 0 Å². The number of hydrogen-bond acceptors (Lipinski definition) is 6. The highest BCUT2D eigenvalue weighted by Gasteiger charge is 2.39. The number of hydroxylamine groups is 2. The van der Waals surface area contributed by atoms with E-state index in [1.54, 1.807) is 19.1 Å². The third kappa shape index (κ3) is 1.79. The van der Waals surface area contributed by atoms with Crippen LogP contribution in [0.2, 0.25) is 0 Å². The highest BCUT2D eigenvalue weighted by atomic mass is 32.1. The van der Waals surface area contributed by atoms with Crippen molar-refractivity contribution in [3.63, 3.8) is 0 Å². The Hall–Kier alpha value is -2.54. The number of aryl methyl sites for hydroxylation is 1. The number of fused-ring (bicyclic) bond motifs is 1. The summed E-state index contributed by atoms with van der Waals surface area (Å²) in [6, 6.07) is 6.31. The largest absolute Gasteiger partial charge is 0.366 e. The molecule has 2 amide bonds. The van der Waals surface area contributed by atoms with Crippen LogP contribution in [-0.2, 0) is 4.84 Å². The van der Waals surface area contributed by atoms with Gasteiger partial charge in [0.05, 0.1) is 22.9 Å². The Morgan fingerprint density at radius 3 is 2.30 bits per heavy atom. The van der Waals surface area contributed by atoms with Gasteiger partial charge in [0.1, 0.15) is 0 Å². The number of hydrogen-bond donors (Lipinski definition) is 0. The van der Waals surface area contributed by atoms with Crippen molar-refractivity contribution < 1.29 is 19.2 Å². The summed E-state index contributed by atoms with van der Waals surface area (Å²) in [5.41, 5.74) is 0.697. The van der Waals surface area contributed by atoms with E-state index < -0.39 is 17.8 Å². The van der Waals surface area contributed by atoms with Gasteiger partial charge in [-0.2, -0.15) is 4.37 Å². The summed E-state index contributed by atoms with van der Waals surface area (Å²) in [5.74, 6) is -2.05. The lowest BCUT2D eigenvalue weighted by atomic mass is 10.1. The van der Waals surface area contributed by atoms with Gasteiger partial charge in [-0.25, -0.2) is 4.79 Å². The van der Waals surface area contributed by atoms with Crippen molar-refractivity contribution in [2.45, 2.75) is 6.92 Å². The van der Waals surface area contributed by atoms with Gasteiger partial charge in [-0.3, -0.25) is 9.59 Å². The Balaban J connectivity index is 1.87. The predicted molar refractivity (Wildman–Crippen MR) is 69.2 cm³/mol. The van der Waals surface area contributed by atoms with Crippen molar-refractivity contribution in [3.8, 4) is 0 Å². The number of rotatable bonds is 2. The first-order valence-electron chi connectivity index (χ1n) is 5.71. The molecule has 7 heteroatoms. The van der Waals surface area contributed by atoms with Gasteiger partial charge >= 0.3 is 5.97 Å². The zero-order chi connectivity index (χ0) is 14.3. The van der Waals surface area contributed by atoms with Crippen molar-refractivity contribution in [1.82, 2.24) is 9.44 Å². The molecule has 100 valence electrons. The molecule has 1 aromatic heterocycles. The molecule has 1 aliphatic heterocycles. The molecule has 0 bridgehead atoms. The molecule has 0 saturated carbocycles. The second-order valence-corrected chi connectivity index (χ2v) is 5.13. The topological polar surface area (TPSA) is 76.6 Å². The number of benzene rings is 1. The van der Waals surface area contributed by atoms with Crippen LogP contribution in [0.1, 0.15) is 36.0 Å². The summed E-state index contributed by atoms with van der Waals surface area (Å²) in [6.45, 7) is 1.70. The molecule has 0 N–H and O–H groups in total. The minimum atomic E-state index is -0.772. The molecule has 6 nitrogen and oxygen atoms in total. The molecule has 2 aromatic rings. The Morgan fingerprint density at radius 1 is 1.20 bits per heavy atom. The van der Waals surface area contributed by atoms with E-state index in [0.29, 0.717) is 9.94 Å². The van der Waals surface area contributed by atoms with Crippen molar-refractivity contribution in [2.24, 2.45) is 0 Å². The predicted octanol–water partition coefficient (Wildman–Crippen LogP) is 1.82. The molecule has 0 radical (unpaired) electrons. The maximum absolute atomic E-state index is 12.0. The molecule has 0 spiro atoms. The van der Waals surface area contributed by atoms with Crippen LogP contribution in [0.5, 0.6) is 0 Å². The number of amides is 2. The summed E-state index contributed by atoms with van der Waals surface area (Å²) < 4.78 is 3.85. The van der Waals surface area contributed by atoms with Crippen LogP contribution in [0.15, 0.2) is 30.5 Å². The molecule has 3 rings (SSSR count). The molecule has 0 fully saturated rings. The SMILES string of the molecule is Cc1sncc1C(=O)ON1C(=O)c2ccccc2C1=O. The maximum Gasteiger partial charge on any atom is 0.366 e. The normalized spacial score (nSPS) is 13.6. The second kappa shape index (κ2) is 4.53. The van der Waals surface area contributed by atoms with Gasteiger partial charge in [0, 0.05) is 4.88 Å². The van der Waals surface area contributed by atoms with E-state index in [1.165, 1.54) is 18.3 Å². The Morgan fingerprint density at radius 2 is 1.80 bits per heavy atom. The Labute approximate surface area is 117 Å². The summed E-state index contributed by atoms with van der Waals surface area (Å²) >= 11 is 1.14. The van der Waals surface area contributed by atoms with Crippen LogP contribution in [0.25, 0.3) is 0 Å². The molecule has 2 heterocycles. The maximum atomic E-state index is 12.0. The van der Waals surface area contributed by atoms with Gasteiger partial charge in [-0.1, -0.05) is 17.2 Å². The lowest BCUT2D eigenvalue weighted by molar-refractivity contribution is -0.0584. The van der Waals surface area contributed by atoms with Crippen LogP contribution < -0.4 is 0 Å². The fourth-order valence-corrected chi connectivity index (χ4v) is 2.43. The molecular formula is C13H8N2O4S. The average Bonchev–Trinajstić information content (AvgIpc) is 2.97. The van der Waals surface area contributed by atoms with Gasteiger partial charge in [-0.05, 0) is 30.6 Å². The van der Waals surface area contributed by atoms with Crippen LogP contribution in [-0.4, -0.2) is 27.2 Å². The molecule has 1 aromatic carbocycles. The standard InChI is InChI=1S/C13H8N2O4S/c1-7-10(6-14-20-7)13(18)19-15-11(16)8-4-2-3-5-9(8)12(15)17/h2-6H,1H3. The first-order valence-corrected chi connectivity index (χ1v) is 6.48. The number of nitrogens with zero attached hydrogens (tertiary/aromatic N) is 2. The Bertz CT molecular complexity index is 702. The molecule has 0 aliphatic carbocycles. The van der Waals surface area contributed by atoms with Gasteiger partial charge in [0.2, 0.25) is 0 Å². The quantitative estimate of drug-likeness (QED) is 0.788. The van der Waals surface area contributed by atoms with E-state index in [4.69, 9.17) is 4.84 Å². The monoisotopic (exact) mass is 288 g/mol. The second-order valence-electron chi connectivity index (χ2n) is 4.12. The molecule has 0 atom stereocenters. The fraction of sp³-hybridized carbons (Fsp3) is 0.0769. The molecule has 20 heavy (non-hydrogen) atoms. The lowest BCUT2D eigenvalue weighted by Gasteiger charge is -2.12. The van der Waals surface area contributed by atoms with Crippen LogP contribution in [0.4, 0.5) is 0 Å². The summed E-state index contributed by atoms with van der Waals surface area (Å²) in [5, 5.41) is 0.490. The van der Waals surface area contributed by atoms with Crippen molar-refractivity contribution in [3.05, 3.63) is 52.0 Å². The highest BCUT2D eigenvalue weighted by molar-refractivity contribution is 7.06. The number of carbonyl (C=O) groups is 3. The molecule has 0 saturated heterocycles. The number of imide groups is 1. The summed E-state index contributed by atoms with van der Waals surface area (Å²) in [7, 11) is 0. The van der Waals surface area contributed by atoms with Crippen molar-refractivity contribution in [1.29, 1.82) is 0 Å². The van der Waals surface area contributed by atoms with E-state index in [2.05, 4.69) is 4.37 Å². The highest BCUT2D eigenvalue weighted by Crippen LogP contribution is 2.24. The van der Waals surface area contributed by atoms with Gasteiger partial charge < -0.3 is 4.84 Å². The lowest BCUT2D eigenvalue weighted by Crippen LogP contribution is -2.32. The minimum Gasteiger partial charge on any atom is -0.324 e. The molecule has 1 aliphatic rings. The van der Waals surface area contributed by atoms with E-state index in [0.717, 1.165) is 11.5 Å². The minimum absolute atomic E-state index is 0.227. The van der Waals surface area contributed by atoms with Crippen molar-refractivity contribution >= 4 is 29.3 Å². The first-order chi connectivity index (χ1) is 9.59. The Kier molecular flexibility index (Phi) is 2.83. The van der Waals surface area contributed by atoms with Gasteiger partial charge in [-0.15, -0.1) is 0 Å². The van der Waals surface area contributed by atoms with E-state index in [9.17, 15) is 14.4 Å². The third-order valence-corrected chi connectivity index (χ3v) is 3.61. The van der Waals surface area contributed by atoms with Crippen molar-refractivity contribution in [2.75, 3.05) is 0 Å². The number of aromatic nitrogens is 1. The van der Waals surface area contributed by atoms with E-state index >= 15 is 0 Å².